The van der Waals surface area contributed by atoms with Crippen LogP contribution < -0.4 is 0 Å². The molecule has 0 N–H and O–H groups in total. The fraction of sp³-hybridized carbons (Fsp3) is 0.520. The summed E-state index contributed by atoms with van der Waals surface area (Å²) in [4.78, 5) is 27.6. The number of nitrogens with zero attached hydrogens (tertiary/aromatic N) is 2. The largest absolute Gasteiger partial charge is 0.460 e. The van der Waals surface area contributed by atoms with Crippen molar-refractivity contribution in [1.29, 1.82) is 0 Å². The lowest BCUT2D eigenvalue weighted by molar-refractivity contribution is -0.140. The number of benzene rings is 1. The molecule has 3 aliphatic rings. The molecule has 34 heavy (non-hydrogen) atoms. The molecule has 1 unspecified atom stereocenters. The lowest BCUT2D eigenvalue weighted by Gasteiger charge is -2.36. The highest BCUT2D eigenvalue weighted by Gasteiger charge is 2.44. The molecule has 0 bridgehead atoms. The Labute approximate surface area is 199 Å². The minimum Gasteiger partial charge on any atom is -0.460 e. The van der Waals surface area contributed by atoms with Crippen LogP contribution >= 0.6 is 0 Å². The Hall–Kier alpha value is -2.65. The maximum Gasteiger partial charge on any atom is 0.374 e. The molecule has 0 spiro atoms. The van der Waals surface area contributed by atoms with E-state index in [1.165, 1.54) is 27.6 Å². The van der Waals surface area contributed by atoms with E-state index in [4.69, 9.17) is 9.15 Å². The first-order valence-corrected chi connectivity index (χ1v) is 13.5. The number of ether oxygens (including phenoxy) is 1. The average molecular weight is 487 g/mol. The van der Waals surface area contributed by atoms with E-state index in [-0.39, 0.29) is 48.4 Å². The van der Waals surface area contributed by atoms with E-state index in [0.29, 0.717) is 18.9 Å². The molecule has 2 fully saturated rings. The Morgan fingerprint density at radius 1 is 1.06 bits per heavy atom. The van der Waals surface area contributed by atoms with Gasteiger partial charge in [-0.25, -0.2) is 13.2 Å². The number of fused-ring (bicyclic) bond motifs is 1. The van der Waals surface area contributed by atoms with Crippen LogP contribution in [0.25, 0.3) is 0 Å². The third-order valence-corrected chi connectivity index (χ3v) is 8.86. The van der Waals surface area contributed by atoms with Crippen molar-refractivity contribution in [3.8, 4) is 0 Å². The number of carbonyl (C=O) groups excluding carboxylic acids is 2. The van der Waals surface area contributed by atoms with Crippen molar-refractivity contribution in [1.82, 2.24) is 9.21 Å². The normalized spacial score (nSPS) is 21.3. The summed E-state index contributed by atoms with van der Waals surface area (Å²) in [7, 11) is -3.88. The first kappa shape index (κ1) is 23.1. The van der Waals surface area contributed by atoms with Crippen molar-refractivity contribution in [2.24, 2.45) is 5.92 Å². The maximum atomic E-state index is 13.6. The van der Waals surface area contributed by atoms with Gasteiger partial charge in [0.1, 0.15) is 0 Å². The summed E-state index contributed by atoms with van der Waals surface area (Å²) >= 11 is 0. The smallest absolute Gasteiger partial charge is 0.374 e. The predicted octanol–water partition coefficient (Wildman–Crippen LogP) is 3.54. The number of esters is 1. The molecule has 5 rings (SSSR count). The Balaban J connectivity index is 1.26. The van der Waals surface area contributed by atoms with Gasteiger partial charge in [-0.1, -0.05) is 24.3 Å². The molecule has 1 aliphatic heterocycles. The van der Waals surface area contributed by atoms with Crippen LogP contribution in [0.4, 0.5) is 0 Å². The van der Waals surface area contributed by atoms with Crippen LogP contribution in [0.5, 0.6) is 0 Å². The monoisotopic (exact) mass is 486 g/mol. The number of hydrogen-bond acceptors (Lipinski definition) is 6. The molecule has 0 radical (unpaired) electrons. The number of piperidine rings is 1. The zero-order chi connectivity index (χ0) is 23.9. The van der Waals surface area contributed by atoms with Crippen LogP contribution in [0.15, 0.2) is 45.9 Å². The minimum atomic E-state index is -3.88. The number of furan rings is 1. The molecule has 1 saturated carbocycles. The van der Waals surface area contributed by atoms with Crippen molar-refractivity contribution < 1.29 is 27.2 Å². The van der Waals surface area contributed by atoms with Crippen LogP contribution in [-0.2, 0) is 26.0 Å². The number of amides is 1. The van der Waals surface area contributed by atoms with Gasteiger partial charge < -0.3 is 14.1 Å². The highest BCUT2D eigenvalue weighted by atomic mass is 32.2. The summed E-state index contributed by atoms with van der Waals surface area (Å²) in [6.07, 6.45) is 4.97. The second-order valence-corrected chi connectivity index (χ2v) is 11.1. The quantitative estimate of drug-likeness (QED) is 0.556. The van der Waals surface area contributed by atoms with Gasteiger partial charge in [0, 0.05) is 25.0 Å². The van der Waals surface area contributed by atoms with Gasteiger partial charge in [-0.15, -0.1) is 0 Å². The van der Waals surface area contributed by atoms with E-state index < -0.39 is 16.0 Å². The predicted molar refractivity (Wildman–Crippen MR) is 124 cm³/mol. The lowest BCUT2D eigenvalue weighted by atomic mass is 9.95. The number of hydrogen-bond donors (Lipinski definition) is 0. The van der Waals surface area contributed by atoms with Crippen molar-refractivity contribution in [2.75, 3.05) is 19.7 Å². The summed E-state index contributed by atoms with van der Waals surface area (Å²) in [5, 5.41) is -0.275. The summed E-state index contributed by atoms with van der Waals surface area (Å²) in [5.41, 5.74) is 2.59. The zero-order valence-corrected chi connectivity index (χ0v) is 20.1. The Kier molecular flexibility index (Phi) is 6.24. The Morgan fingerprint density at radius 3 is 2.50 bits per heavy atom. The highest BCUT2D eigenvalue weighted by molar-refractivity contribution is 7.89. The van der Waals surface area contributed by atoms with Crippen LogP contribution in [-0.4, -0.2) is 55.2 Å². The maximum absolute atomic E-state index is 13.6. The van der Waals surface area contributed by atoms with Crippen LogP contribution in [0.1, 0.15) is 66.8 Å². The van der Waals surface area contributed by atoms with Crippen molar-refractivity contribution in [3.63, 3.8) is 0 Å². The first-order chi connectivity index (χ1) is 16.4. The van der Waals surface area contributed by atoms with Gasteiger partial charge >= 0.3 is 5.97 Å². The van der Waals surface area contributed by atoms with Crippen molar-refractivity contribution in [3.05, 3.63) is 53.3 Å². The molecule has 9 heteroatoms. The van der Waals surface area contributed by atoms with E-state index in [1.807, 2.05) is 6.07 Å². The van der Waals surface area contributed by atoms with E-state index in [2.05, 4.69) is 23.1 Å². The minimum absolute atomic E-state index is 0.127. The molecule has 1 saturated heterocycles. The fourth-order valence-electron chi connectivity index (χ4n) is 5.22. The third-order valence-electron chi connectivity index (χ3n) is 7.09. The highest BCUT2D eigenvalue weighted by Crippen LogP contribution is 2.43. The van der Waals surface area contributed by atoms with Gasteiger partial charge in [-0.2, -0.15) is 4.31 Å². The van der Waals surface area contributed by atoms with E-state index in [1.54, 1.807) is 6.92 Å². The van der Waals surface area contributed by atoms with Gasteiger partial charge in [0.15, 0.2) is 0 Å². The van der Waals surface area contributed by atoms with Gasteiger partial charge in [0.05, 0.1) is 12.6 Å². The molecule has 2 aliphatic carbocycles. The van der Waals surface area contributed by atoms with Gasteiger partial charge in [0.25, 0.3) is 10.0 Å². The number of sulfonamides is 1. The van der Waals surface area contributed by atoms with E-state index in [0.717, 1.165) is 25.7 Å². The lowest BCUT2D eigenvalue weighted by Crippen LogP contribution is -2.45. The summed E-state index contributed by atoms with van der Waals surface area (Å²) < 4.78 is 37.6. The third kappa shape index (κ3) is 4.27. The molecule has 1 aromatic carbocycles. The molecular weight excluding hydrogens is 456 g/mol. The van der Waals surface area contributed by atoms with Crippen LogP contribution in [0.2, 0.25) is 0 Å². The Morgan fingerprint density at radius 2 is 1.79 bits per heavy atom. The van der Waals surface area contributed by atoms with Crippen LogP contribution in [0, 0.1) is 5.92 Å². The molecule has 182 valence electrons. The molecular formula is C25H30N2O6S. The number of aryl methyl sites for hydroxylation is 1. The summed E-state index contributed by atoms with van der Waals surface area (Å²) in [6, 6.07) is 11.4. The van der Waals surface area contributed by atoms with E-state index >= 15 is 0 Å². The van der Waals surface area contributed by atoms with Gasteiger partial charge in [-0.3, -0.25) is 4.79 Å². The molecule has 2 heterocycles. The summed E-state index contributed by atoms with van der Waals surface area (Å²) in [6.45, 7) is 2.33. The summed E-state index contributed by atoms with van der Waals surface area (Å²) in [5.74, 6) is -0.861. The van der Waals surface area contributed by atoms with Gasteiger partial charge in [-0.05, 0) is 68.7 Å². The molecule has 1 atom stereocenters. The first-order valence-electron chi connectivity index (χ1n) is 12.1. The fourth-order valence-corrected chi connectivity index (χ4v) is 6.60. The number of rotatable bonds is 7. The van der Waals surface area contributed by atoms with Crippen molar-refractivity contribution in [2.45, 2.75) is 62.6 Å². The van der Waals surface area contributed by atoms with Crippen LogP contribution in [0.3, 0.4) is 0 Å². The SMILES string of the molecule is CCOC(=O)c1ccc(S(=O)(=O)N2CCC(C(=O)N(C3CC3)C3CCc4ccccc43)CC2)o1. The van der Waals surface area contributed by atoms with Gasteiger partial charge in [0.2, 0.25) is 16.8 Å². The van der Waals surface area contributed by atoms with E-state index in [9.17, 15) is 18.0 Å². The molecule has 8 nitrogen and oxygen atoms in total. The van der Waals surface area contributed by atoms with Crippen molar-refractivity contribution >= 4 is 21.9 Å². The zero-order valence-electron chi connectivity index (χ0n) is 19.3. The number of carbonyl (C=O) groups is 2. The Bertz CT molecular complexity index is 1180. The molecule has 1 amide bonds. The second kappa shape index (κ2) is 9.19. The second-order valence-electron chi connectivity index (χ2n) is 9.25. The molecule has 1 aromatic heterocycles. The topological polar surface area (TPSA) is 97.1 Å². The average Bonchev–Trinajstić information content (AvgIpc) is 3.38. The standard InChI is InChI=1S/C25H30N2O6S/c1-2-32-25(29)22-11-12-23(33-22)34(30,31)26-15-13-18(14-16-26)24(28)27(19-8-9-19)21-10-7-17-5-3-4-6-20(17)21/h3-6,11-12,18-19,21H,2,7-10,13-16H2,1H3. The molecule has 2 aromatic rings.